The summed E-state index contributed by atoms with van der Waals surface area (Å²) in [4.78, 5) is 23.6. The molecule has 2 N–H and O–H groups in total. The van der Waals surface area contributed by atoms with Gasteiger partial charge in [0.05, 0.1) is 16.3 Å². The minimum absolute atomic E-state index is 0.0500. The summed E-state index contributed by atoms with van der Waals surface area (Å²) in [6, 6.07) is 11.6. The predicted molar refractivity (Wildman–Crippen MR) is 88.0 cm³/mol. The Bertz CT molecular complexity index is 764. The number of rotatable bonds is 5. The van der Waals surface area contributed by atoms with E-state index >= 15 is 0 Å². The summed E-state index contributed by atoms with van der Waals surface area (Å²) in [5, 5.41) is 4.72. The van der Waals surface area contributed by atoms with Crippen LogP contribution in [0.25, 0.3) is 0 Å². The van der Waals surface area contributed by atoms with Crippen molar-refractivity contribution in [3.63, 3.8) is 0 Å². The van der Waals surface area contributed by atoms with Crippen LogP contribution in [0.3, 0.4) is 0 Å². The first kappa shape index (κ1) is 18.8. The van der Waals surface area contributed by atoms with Crippen LogP contribution in [0.15, 0.2) is 48.5 Å². The summed E-state index contributed by atoms with van der Waals surface area (Å²) >= 11 is 5.79. The molecule has 0 bridgehead atoms. The van der Waals surface area contributed by atoms with E-state index in [4.69, 9.17) is 11.6 Å². The third-order valence-electron chi connectivity index (χ3n) is 3.22. The van der Waals surface area contributed by atoms with Gasteiger partial charge in [0.25, 0.3) is 0 Å². The van der Waals surface area contributed by atoms with E-state index in [2.05, 4.69) is 10.6 Å². The number of halogens is 4. The van der Waals surface area contributed by atoms with E-state index in [-0.39, 0.29) is 17.3 Å². The molecule has 2 amide bonds. The maximum Gasteiger partial charge on any atom is 0.416 e. The molecule has 0 spiro atoms. The molecule has 2 aromatic carbocycles. The highest BCUT2D eigenvalue weighted by atomic mass is 35.5. The first-order chi connectivity index (χ1) is 11.8. The number of alkyl halides is 3. The summed E-state index contributed by atoms with van der Waals surface area (Å²) < 4.78 is 38.1. The van der Waals surface area contributed by atoms with Crippen LogP contribution in [0.5, 0.6) is 0 Å². The first-order valence-corrected chi connectivity index (χ1v) is 7.61. The molecule has 0 atom stereocenters. The molecule has 2 rings (SSSR count). The van der Waals surface area contributed by atoms with Gasteiger partial charge in [-0.05, 0) is 23.8 Å². The fourth-order valence-electron chi connectivity index (χ4n) is 2.00. The number of hydrogen-bond acceptors (Lipinski definition) is 2. The van der Waals surface area contributed by atoms with Crippen molar-refractivity contribution in [2.75, 3.05) is 5.32 Å². The van der Waals surface area contributed by atoms with Crippen LogP contribution in [-0.2, 0) is 22.3 Å². The average Bonchev–Trinajstić information content (AvgIpc) is 2.55. The molecule has 0 saturated carbocycles. The Labute approximate surface area is 147 Å². The van der Waals surface area contributed by atoms with E-state index in [0.717, 1.165) is 23.8 Å². The number of amides is 2. The lowest BCUT2D eigenvalue weighted by molar-refractivity contribution is -0.137. The highest BCUT2D eigenvalue weighted by Crippen LogP contribution is 2.33. The van der Waals surface area contributed by atoms with E-state index in [1.54, 1.807) is 0 Å². The first-order valence-electron chi connectivity index (χ1n) is 7.23. The predicted octanol–water partition coefficient (Wildman–Crippen LogP) is 4.00. The van der Waals surface area contributed by atoms with Crippen molar-refractivity contribution in [1.29, 1.82) is 0 Å². The van der Waals surface area contributed by atoms with Crippen LogP contribution in [0.1, 0.15) is 17.5 Å². The van der Waals surface area contributed by atoms with Crippen molar-refractivity contribution in [3.05, 3.63) is 64.7 Å². The normalized spacial score (nSPS) is 11.0. The van der Waals surface area contributed by atoms with Crippen LogP contribution in [0, 0.1) is 0 Å². The molecule has 2 aromatic rings. The lowest BCUT2D eigenvalue weighted by Crippen LogP contribution is -2.27. The third kappa shape index (κ3) is 5.79. The number of anilines is 1. The van der Waals surface area contributed by atoms with Gasteiger partial charge in [-0.2, -0.15) is 13.2 Å². The zero-order valence-electron chi connectivity index (χ0n) is 12.9. The molecule has 0 heterocycles. The van der Waals surface area contributed by atoms with Crippen molar-refractivity contribution < 1.29 is 22.8 Å². The monoisotopic (exact) mass is 370 g/mol. The Balaban J connectivity index is 1.92. The van der Waals surface area contributed by atoms with E-state index in [0.29, 0.717) is 0 Å². The van der Waals surface area contributed by atoms with Crippen molar-refractivity contribution in [1.82, 2.24) is 5.32 Å². The fraction of sp³-hybridized carbons (Fsp3) is 0.176. The molecule has 0 saturated heterocycles. The molecule has 8 heteroatoms. The molecular formula is C17H14ClF3N2O2. The van der Waals surface area contributed by atoms with Gasteiger partial charge >= 0.3 is 6.18 Å². The minimum atomic E-state index is -4.56. The molecule has 132 valence electrons. The average molecular weight is 371 g/mol. The van der Waals surface area contributed by atoms with Crippen LogP contribution in [-0.4, -0.2) is 11.8 Å². The van der Waals surface area contributed by atoms with Gasteiger partial charge in [-0.3, -0.25) is 9.59 Å². The van der Waals surface area contributed by atoms with Gasteiger partial charge in [0, 0.05) is 6.54 Å². The number of benzene rings is 2. The second-order valence-corrected chi connectivity index (χ2v) is 5.59. The van der Waals surface area contributed by atoms with Gasteiger partial charge < -0.3 is 10.6 Å². The molecule has 0 unspecified atom stereocenters. The van der Waals surface area contributed by atoms with E-state index in [1.807, 2.05) is 30.3 Å². The summed E-state index contributed by atoms with van der Waals surface area (Å²) in [6.45, 7) is 0.247. The van der Waals surface area contributed by atoms with Crippen LogP contribution in [0.4, 0.5) is 18.9 Å². The quantitative estimate of drug-likeness (QED) is 0.781. The van der Waals surface area contributed by atoms with Gasteiger partial charge in [-0.1, -0.05) is 41.9 Å². The molecule has 0 fully saturated rings. The topological polar surface area (TPSA) is 58.2 Å². The molecule has 0 aliphatic carbocycles. The molecule has 4 nitrogen and oxygen atoms in total. The summed E-state index contributed by atoms with van der Waals surface area (Å²) in [6.07, 6.45) is -5.09. The summed E-state index contributed by atoms with van der Waals surface area (Å²) in [7, 11) is 0. The lowest BCUT2D eigenvalue weighted by atomic mass is 10.2. The van der Waals surface area contributed by atoms with Crippen molar-refractivity contribution in [2.45, 2.75) is 19.1 Å². The lowest BCUT2D eigenvalue weighted by Gasteiger charge is -2.11. The molecule has 0 aliphatic heterocycles. The van der Waals surface area contributed by atoms with Gasteiger partial charge in [-0.25, -0.2) is 0 Å². The third-order valence-corrected chi connectivity index (χ3v) is 3.55. The SMILES string of the molecule is O=C(CC(=O)Nc1cc(C(F)(F)F)ccc1Cl)NCc1ccccc1. The van der Waals surface area contributed by atoms with E-state index in [1.165, 1.54) is 0 Å². The van der Waals surface area contributed by atoms with Gasteiger partial charge in [-0.15, -0.1) is 0 Å². The second-order valence-electron chi connectivity index (χ2n) is 5.18. The standard InChI is InChI=1S/C17H14ClF3N2O2/c18-13-7-6-12(17(19,20)21)8-14(13)23-16(25)9-15(24)22-10-11-4-2-1-3-5-11/h1-8H,9-10H2,(H,22,24)(H,23,25). The number of nitrogens with one attached hydrogen (secondary N) is 2. The van der Waals surface area contributed by atoms with Crippen LogP contribution >= 0.6 is 11.6 Å². The number of carbonyl (C=O) groups is 2. The van der Waals surface area contributed by atoms with Crippen molar-refractivity contribution >= 4 is 29.1 Å². The maximum absolute atomic E-state index is 12.7. The van der Waals surface area contributed by atoms with Crippen LogP contribution < -0.4 is 10.6 Å². The molecular weight excluding hydrogens is 357 g/mol. The summed E-state index contributed by atoms with van der Waals surface area (Å²) in [5.74, 6) is -1.31. The zero-order chi connectivity index (χ0) is 18.4. The van der Waals surface area contributed by atoms with Gasteiger partial charge in [0.15, 0.2) is 0 Å². The Morgan fingerprint density at radius 3 is 2.32 bits per heavy atom. The number of hydrogen-bond donors (Lipinski definition) is 2. The molecule has 0 aromatic heterocycles. The van der Waals surface area contributed by atoms with Crippen molar-refractivity contribution in [2.24, 2.45) is 0 Å². The van der Waals surface area contributed by atoms with Crippen LogP contribution in [0.2, 0.25) is 5.02 Å². The van der Waals surface area contributed by atoms with Crippen molar-refractivity contribution in [3.8, 4) is 0 Å². The minimum Gasteiger partial charge on any atom is -0.352 e. The highest BCUT2D eigenvalue weighted by molar-refractivity contribution is 6.33. The van der Waals surface area contributed by atoms with Gasteiger partial charge in [0.1, 0.15) is 6.42 Å². The Morgan fingerprint density at radius 2 is 1.68 bits per heavy atom. The fourth-order valence-corrected chi connectivity index (χ4v) is 2.16. The molecule has 0 aliphatic rings. The highest BCUT2D eigenvalue weighted by Gasteiger charge is 2.31. The zero-order valence-corrected chi connectivity index (χ0v) is 13.6. The number of carbonyl (C=O) groups excluding carboxylic acids is 2. The van der Waals surface area contributed by atoms with Gasteiger partial charge in [0.2, 0.25) is 11.8 Å². The molecule has 0 radical (unpaired) electrons. The Hall–Kier alpha value is -2.54. The molecule has 25 heavy (non-hydrogen) atoms. The second kappa shape index (κ2) is 8.02. The Morgan fingerprint density at radius 1 is 1.00 bits per heavy atom. The largest absolute Gasteiger partial charge is 0.416 e. The Kier molecular flexibility index (Phi) is 6.03. The smallest absolute Gasteiger partial charge is 0.352 e. The summed E-state index contributed by atoms with van der Waals surface area (Å²) in [5.41, 5.74) is -0.282. The van der Waals surface area contributed by atoms with E-state index < -0.39 is 30.0 Å². The maximum atomic E-state index is 12.7. The van der Waals surface area contributed by atoms with E-state index in [9.17, 15) is 22.8 Å².